The van der Waals surface area contributed by atoms with Crippen LogP contribution in [0.5, 0.6) is 0 Å². The number of nitrogens with zero attached hydrogens (tertiary/aromatic N) is 2. The topological polar surface area (TPSA) is 66.8 Å². The Kier molecular flexibility index (Phi) is 5.01. The van der Waals surface area contributed by atoms with Crippen molar-refractivity contribution in [3.63, 3.8) is 0 Å². The molecule has 0 radical (unpaired) electrons. The van der Waals surface area contributed by atoms with Gasteiger partial charge in [0.1, 0.15) is 0 Å². The molecule has 5 nitrogen and oxygen atoms in total. The first kappa shape index (κ1) is 18.5. The highest BCUT2D eigenvalue weighted by atomic mass is 35.5. The number of aliphatic imine (C=N–C) groups is 1. The van der Waals surface area contributed by atoms with Gasteiger partial charge in [0.2, 0.25) is 0 Å². The van der Waals surface area contributed by atoms with Crippen LogP contribution in [0.2, 0.25) is 5.02 Å². The van der Waals surface area contributed by atoms with Crippen molar-refractivity contribution in [1.29, 1.82) is 0 Å². The molecule has 27 heavy (non-hydrogen) atoms. The average Bonchev–Trinajstić information content (AvgIpc) is 3.06. The summed E-state index contributed by atoms with van der Waals surface area (Å²) in [5.74, 6) is -0.0903. The van der Waals surface area contributed by atoms with Crippen LogP contribution in [0.15, 0.2) is 59.6 Å². The summed E-state index contributed by atoms with van der Waals surface area (Å²) < 4.78 is 24.2. The molecule has 2 atom stereocenters. The summed E-state index contributed by atoms with van der Waals surface area (Å²) >= 11 is 7.49. The number of fused-ring (bicyclic) bond motifs is 1. The molecule has 0 saturated carbocycles. The SMILES string of the molecule is O=C(Cc1ccccc1)N=C1S[C@H]2CS(=O)(=O)C[C@H]2N1c1cccc(Cl)c1. The molecule has 0 aliphatic carbocycles. The number of thioether (sulfide) groups is 1. The molecule has 2 saturated heterocycles. The number of sulfone groups is 1. The first-order valence-corrected chi connectivity index (χ1v) is 11.6. The standard InChI is InChI=1S/C19H17ClN2O3S2/c20-14-7-4-8-15(10-14)22-16-11-27(24,25)12-17(16)26-19(22)21-18(23)9-13-5-2-1-3-6-13/h1-8,10,16-17H,9,11-12H2/t16-,17+/m1/s1. The van der Waals surface area contributed by atoms with E-state index in [0.717, 1.165) is 11.3 Å². The number of amides is 1. The van der Waals surface area contributed by atoms with E-state index < -0.39 is 9.84 Å². The maximum Gasteiger partial charge on any atom is 0.252 e. The van der Waals surface area contributed by atoms with E-state index in [-0.39, 0.29) is 35.1 Å². The minimum absolute atomic E-state index is 0.0586. The number of amidine groups is 1. The van der Waals surface area contributed by atoms with Crippen LogP contribution in [0.1, 0.15) is 5.56 Å². The number of benzene rings is 2. The van der Waals surface area contributed by atoms with Crippen LogP contribution in [0.25, 0.3) is 0 Å². The minimum atomic E-state index is -3.09. The maximum absolute atomic E-state index is 12.5. The van der Waals surface area contributed by atoms with Crippen LogP contribution in [0.3, 0.4) is 0 Å². The van der Waals surface area contributed by atoms with Crippen molar-refractivity contribution in [2.45, 2.75) is 17.7 Å². The van der Waals surface area contributed by atoms with Crippen LogP contribution in [-0.2, 0) is 21.1 Å². The highest BCUT2D eigenvalue weighted by molar-refractivity contribution is 8.16. The molecular formula is C19H17ClN2O3S2. The summed E-state index contributed by atoms with van der Waals surface area (Å²) in [4.78, 5) is 18.7. The van der Waals surface area contributed by atoms with E-state index in [2.05, 4.69) is 4.99 Å². The summed E-state index contributed by atoms with van der Waals surface area (Å²) in [5, 5.41) is 0.970. The van der Waals surface area contributed by atoms with Gasteiger partial charge in [-0.1, -0.05) is 59.8 Å². The van der Waals surface area contributed by atoms with Crippen LogP contribution < -0.4 is 4.90 Å². The maximum atomic E-state index is 12.5. The quantitative estimate of drug-likeness (QED) is 0.762. The first-order valence-electron chi connectivity index (χ1n) is 8.49. The van der Waals surface area contributed by atoms with Gasteiger partial charge in [-0.25, -0.2) is 8.42 Å². The van der Waals surface area contributed by atoms with Gasteiger partial charge in [0.15, 0.2) is 15.0 Å². The second-order valence-electron chi connectivity index (χ2n) is 6.60. The molecule has 1 amide bonds. The molecule has 2 aromatic carbocycles. The van der Waals surface area contributed by atoms with Crippen LogP contribution in [0.4, 0.5) is 5.69 Å². The van der Waals surface area contributed by atoms with Crippen LogP contribution >= 0.6 is 23.4 Å². The molecule has 2 fully saturated rings. The molecule has 0 N–H and O–H groups in total. The van der Waals surface area contributed by atoms with Gasteiger partial charge in [-0.15, -0.1) is 0 Å². The smallest absolute Gasteiger partial charge is 0.252 e. The van der Waals surface area contributed by atoms with E-state index in [0.29, 0.717) is 10.2 Å². The zero-order valence-electron chi connectivity index (χ0n) is 14.3. The van der Waals surface area contributed by atoms with Gasteiger partial charge in [0.25, 0.3) is 5.91 Å². The number of hydrogen-bond donors (Lipinski definition) is 0. The molecule has 2 aliphatic heterocycles. The Hall–Kier alpha value is -1.83. The van der Waals surface area contributed by atoms with Gasteiger partial charge >= 0.3 is 0 Å². The average molecular weight is 421 g/mol. The van der Waals surface area contributed by atoms with Gasteiger partial charge in [0, 0.05) is 16.0 Å². The van der Waals surface area contributed by atoms with E-state index in [9.17, 15) is 13.2 Å². The highest BCUT2D eigenvalue weighted by Crippen LogP contribution is 2.41. The van der Waals surface area contributed by atoms with Gasteiger partial charge < -0.3 is 4.90 Å². The van der Waals surface area contributed by atoms with Gasteiger partial charge in [-0.3, -0.25) is 4.79 Å². The molecular weight excluding hydrogens is 404 g/mol. The van der Waals surface area contributed by atoms with E-state index in [4.69, 9.17) is 11.6 Å². The Morgan fingerprint density at radius 3 is 2.67 bits per heavy atom. The summed E-state index contributed by atoms with van der Waals surface area (Å²) in [7, 11) is -3.09. The molecule has 0 spiro atoms. The van der Waals surface area contributed by atoms with Crippen molar-refractivity contribution >= 4 is 50.0 Å². The van der Waals surface area contributed by atoms with Gasteiger partial charge in [-0.2, -0.15) is 4.99 Å². The number of hydrogen-bond acceptors (Lipinski definition) is 4. The Morgan fingerprint density at radius 2 is 1.93 bits per heavy atom. The van der Waals surface area contributed by atoms with Crippen LogP contribution in [-0.4, -0.2) is 42.3 Å². The largest absolute Gasteiger partial charge is 0.316 e. The Morgan fingerprint density at radius 1 is 1.15 bits per heavy atom. The van der Waals surface area contributed by atoms with E-state index >= 15 is 0 Å². The fraction of sp³-hybridized carbons (Fsp3) is 0.263. The molecule has 0 unspecified atom stereocenters. The van der Waals surface area contributed by atoms with Crippen LogP contribution in [0, 0.1) is 0 Å². The summed E-state index contributed by atoms with van der Waals surface area (Å²) in [6.45, 7) is 0. The summed E-state index contributed by atoms with van der Waals surface area (Å²) in [5.41, 5.74) is 1.65. The molecule has 0 bridgehead atoms. The van der Waals surface area contributed by atoms with Crippen molar-refractivity contribution in [2.75, 3.05) is 16.4 Å². The second-order valence-corrected chi connectivity index (χ2v) is 10.4. The van der Waals surface area contributed by atoms with Crippen molar-refractivity contribution in [3.05, 3.63) is 65.2 Å². The molecule has 8 heteroatoms. The lowest BCUT2D eigenvalue weighted by Gasteiger charge is -2.24. The number of rotatable bonds is 3. The molecule has 2 aliphatic rings. The predicted octanol–water partition coefficient (Wildman–Crippen LogP) is 3.18. The number of halogens is 1. The Labute approximate surface area is 167 Å². The molecule has 140 valence electrons. The molecule has 4 rings (SSSR count). The van der Waals surface area contributed by atoms with Crippen molar-refractivity contribution in [1.82, 2.24) is 0 Å². The minimum Gasteiger partial charge on any atom is -0.316 e. The monoisotopic (exact) mass is 420 g/mol. The third-order valence-corrected chi connectivity index (χ3v) is 8.02. The zero-order chi connectivity index (χ0) is 19.0. The number of carbonyl (C=O) groups excluding carboxylic acids is 1. The zero-order valence-corrected chi connectivity index (χ0v) is 16.7. The Bertz CT molecular complexity index is 1010. The first-order chi connectivity index (χ1) is 12.9. The fourth-order valence-electron chi connectivity index (χ4n) is 3.41. The number of carbonyl (C=O) groups is 1. The summed E-state index contributed by atoms with van der Waals surface area (Å²) in [6.07, 6.45) is 0.210. The predicted molar refractivity (Wildman–Crippen MR) is 110 cm³/mol. The lowest BCUT2D eigenvalue weighted by atomic mass is 10.1. The third-order valence-electron chi connectivity index (χ3n) is 4.57. The fourth-order valence-corrected chi connectivity index (χ4v) is 7.52. The highest BCUT2D eigenvalue weighted by Gasteiger charge is 2.49. The molecule has 2 aromatic rings. The summed E-state index contributed by atoms with van der Waals surface area (Å²) in [6, 6.07) is 16.4. The van der Waals surface area contributed by atoms with E-state index in [1.807, 2.05) is 47.4 Å². The lowest BCUT2D eigenvalue weighted by molar-refractivity contribution is -0.117. The molecule has 2 heterocycles. The van der Waals surface area contributed by atoms with Gasteiger partial charge in [-0.05, 0) is 23.8 Å². The van der Waals surface area contributed by atoms with Crippen molar-refractivity contribution < 1.29 is 13.2 Å². The van der Waals surface area contributed by atoms with Gasteiger partial charge in [0.05, 0.1) is 24.0 Å². The van der Waals surface area contributed by atoms with E-state index in [1.165, 1.54) is 11.8 Å². The third kappa shape index (κ3) is 4.05. The number of anilines is 1. The Balaban J connectivity index is 1.65. The van der Waals surface area contributed by atoms with E-state index in [1.54, 1.807) is 12.1 Å². The second kappa shape index (κ2) is 7.30. The van der Waals surface area contributed by atoms with Crippen molar-refractivity contribution in [3.8, 4) is 0 Å². The van der Waals surface area contributed by atoms with Crippen molar-refractivity contribution in [2.24, 2.45) is 4.99 Å². The normalized spacial score (nSPS) is 24.9. The molecule has 0 aromatic heterocycles. The lowest BCUT2D eigenvalue weighted by Crippen LogP contribution is -2.37.